The minimum Gasteiger partial charge on any atom is -0.457 e. The maximum Gasteiger partial charge on any atom is 0.133 e. The minimum absolute atomic E-state index is 0.328. The molecule has 28 heavy (non-hydrogen) atoms. The molecule has 0 amide bonds. The average molecular weight is 386 g/mol. The highest BCUT2D eigenvalue weighted by Gasteiger charge is 2.41. The summed E-state index contributed by atoms with van der Waals surface area (Å²) in [5.74, 6) is 1.46. The molecule has 0 radical (unpaired) electrons. The van der Waals surface area contributed by atoms with Gasteiger partial charge in [0.25, 0.3) is 0 Å². The summed E-state index contributed by atoms with van der Waals surface area (Å²) in [7, 11) is 1.70. The highest BCUT2D eigenvalue weighted by atomic mass is 16.5. The first-order valence-electron chi connectivity index (χ1n) is 10.0. The lowest BCUT2D eigenvalue weighted by Crippen LogP contribution is -2.51. The van der Waals surface area contributed by atoms with Gasteiger partial charge in [0.1, 0.15) is 23.2 Å². The Morgan fingerprint density at radius 2 is 1.86 bits per heavy atom. The van der Waals surface area contributed by atoms with Gasteiger partial charge in [0.05, 0.1) is 6.61 Å². The number of morpholine rings is 1. The standard InChI is InChI=1S/C23H31NO4/c1-18-9-3-5-11-20(18)28-21-12-6-4-10-19(21)23(25,13-7-8-15-26-2)22-17-24-14-16-27-22/h3-6,9-12,22,24-25H,7-8,13-17H2,1-2H3/t22-,23?/m1/s1. The van der Waals surface area contributed by atoms with Crippen LogP contribution in [0.3, 0.4) is 0 Å². The fourth-order valence-electron chi connectivity index (χ4n) is 3.68. The van der Waals surface area contributed by atoms with Crippen LogP contribution >= 0.6 is 0 Å². The molecule has 5 nitrogen and oxygen atoms in total. The number of benzene rings is 2. The minimum atomic E-state index is -1.14. The molecule has 0 bridgehead atoms. The second kappa shape index (κ2) is 10.0. The summed E-state index contributed by atoms with van der Waals surface area (Å²) < 4.78 is 17.4. The zero-order valence-corrected chi connectivity index (χ0v) is 16.8. The number of unbranched alkanes of at least 4 members (excludes halogenated alkanes) is 1. The number of ether oxygens (including phenoxy) is 3. The summed E-state index contributed by atoms with van der Waals surface area (Å²) in [6, 6.07) is 15.6. The van der Waals surface area contributed by atoms with Crippen molar-refractivity contribution >= 4 is 0 Å². The maximum atomic E-state index is 11.8. The van der Waals surface area contributed by atoms with Gasteiger partial charge in [-0.25, -0.2) is 0 Å². The van der Waals surface area contributed by atoms with Crippen molar-refractivity contribution in [3.05, 3.63) is 59.7 Å². The monoisotopic (exact) mass is 385 g/mol. The summed E-state index contributed by atoms with van der Waals surface area (Å²) in [6.07, 6.45) is 1.98. The number of nitrogens with one attached hydrogen (secondary N) is 1. The summed E-state index contributed by atoms with van der Waals surface area (Å²) in [5, 5.41) is 15.2. The van der Waals surface area contributed by atoms with Crippen LogP contribution in [0, 0.1) is 6.92 Å². The summed E-state index contributed by atoms with van der Waals surface area (Å²) in [4.78, 5) is 0. The highest BCUT2D eigenvalue weighted by molar-refractivity contribution is 5.44. The zero-order chi connectivity index (χ0) is 19.8. The molecular weight excluding hydrogens is 354 g/mol. The third-order valence-corrected chi connectivity index (χ3v) is 5.28. The molecule has 2 aromatic carbocycles. The van der Waals surface area contributed by atoms with E-state index in [9.17, 15) is 5.11 Å². The van der Waals surface area contributed by atoms with E-state index in [1.54, 1.807) is 7.11 Å². The Morgan fingerprint density at radius 3 is 2.57 bits per heavy atom. The summed E-state index contributed by atoms with van der Waals surface area (Å²) in [5.41, 5.74) is 0.682. The van der Waals surface area contributed by atoms with Crippen molar-refractivity contribution in [2.75, 3.05) is 33.4 Å². The van der Waals surface area contributed by atoms with Gasteiger partial charge in [-0.2, -0.15) is 0 Å². The van der Waals surface area contributed by atoms with Crippen LogP contribution in [0.4, 0.5) is 0 Å². The van der Waals surface area contributed by atoms with E-state index in [1.807, 2.05) is 55.5 Å². The number of rotatable bonds is 9. The summed E-state index contributed by atoms with van der Waals surface area (Å²) >= 11 is 0. The quantitative estimate of drug-likeness (QED) is 0.644. The van der Waals surface area contributed by atoms with Gasteiger partial charge in [0.15, 0.2) is 0 Å². The SMILES string of the molecule is COCCCCC(O)(c1ccccc1Oc1ccccc1C)[C@H]1CNCCO1. The smallest absolute Gasteiger partial charge is 0.133 e. The maximum absolute atomic E-state index is 11.8. The largest absolute Gasteiger partial charge is 0.457 e. The van der Waals surface area contributed by atoms with Crippen LogP contribution in [0.15, 0.2) is 48.5 Å². The van der Waals surface area contributed by atoms with Crippen molar-refractivity contribution in [3.63, 3.8) is 0 Å². The van der Waals surface area contributed by atoms with Gasteiger partial charge in [-0.15, -0.1) is 0 Å². The molecule has 2 N–H and O–H groups in total. The second-order valence-corrected chi connectivity index (χ2v) is 7.30. The fraction of sp³-hybridized carbons (Fsp3) is 0.478. The van der Waals surface area contributed by atoms with Crippen molar-refractivity contribution in [1.82, 2.24) is 5.32 Å². The molecule has 3 rings (SSSR count). The summed E-state index contributed by atoms with van der Waals surface area (Å²) in [6.45, 7) is 4.70. The molecule has 0 saturated carbocycles. The Bertz CT molecular complexity index is 745. The Balaban J connectivity index is 1.91. The topological polar surface area (TPSA) is 60.0 Å². The molecule has 1 saturated heterocycles. The van der Waals surface area contributed by atoms with E-state index in [0.29, 0.717) is 31.9 Å². The third-order valence-electron chi connectivity index (χ3n) is 5.28. The van der Waals surface area contributed by atoms with Crippen molar-refractivity contribution in [2.45, 2.75) is 37.9 Å². The number of hydrogen-bond acceptors (Lipinski definition) is 5. The van der Waals surface area contributed by atoms with Crippen LogP contribution in [-0.4, -0.2) is 44.6 Å². The van der Waals surface area contributed by atoms with Gasteiger partial charge in [0, 0.05) is 32.4 Å². The van der Waals surface area contributed by atoms with E-state index in [4.69, 9.17) is 14.2 Å². The zero-order valence-electron chi connectivity index (χ0n) is 16.8. The van der Waals surface area contributed by atoms with Gasteiger partial charge in [0.2, 0.25) is 0 Å². The first-order valence-corrected chi connectivity index (χ1v) is 10.0. The molecule has 1 unspecified atom stereocenters. The van der Waals surface area contributed by atoms with Crippen LogP contribution in [-0.2, 0) is 15.1 Å². The predicted molar refractivity (Wildman–Crippen MR) is 110 cm³/mol. The molecule has 0 aromatic heterocycles. The van der Waals surface area contributed by atoms with Gasteiger partial charge in [-0.3, -0.25) is 0 Å². The highest BCUT2D eigenvalue weighted by Crippen LogP contribution is 2.40. The third kappa shape index (κ3) is 4.92. The number of methoxy groups -OCH3 is 1. The Labute approximate surface area is 167 Å². The number of hydrogen-bond donors (Lipinski definition) is 2. The lowest BCUT2D eigenvalue weighted by molar-refractivity contribution is -0.130. The van der Waals surface area contributed by atoms with E-state index >= 15 is 0 Å². The molecule has 5 heteroatoms. The molecule has 2 atom stereocenters. The molecular formula is C23H31NO4. The average Bonchev–Trinajstić information content (AvgIpc) is 2.74. The molecule has 0 spiro atoms. The second-order valence-electron chi connectivity index (χ2n) is 7.30. The van der Waals surface area contributed by atoms with Crippen molar-refractivity contribution in [2.24, 2.45) is 0 Å². The van der Waals surface area contributed by atoms with E-state index in [0.717, 1.165) is 36.3 Å². The number of aryl methyl sites for hydroxylation is 1. The van der Waals surface area contributed by atoms with Crippen molar-refractivity contribution in [1.29, 1.82) is 0 Å². The Kier molecular flexibility index (Phi) is 7.45. The molecule has 1 aliphatic heterocycles. The first-order chi connectivity index (χ1) is 13.6. The van der Waals surface area contributed by atoms with Crippen LogP contribution in [0.2, 0.25) is 0 Å². The number of aliphatic hydroxyl groups is 1. The van der Waals surface area contributed by atoms with Gasteiger partial charge in [-0.1, -0.05) is 36.4 Å². The lowest BCUT2D eigenvalue weighted by atomic mass is 9.82. The van der Waals surface area contributed by atoms with Gasteiger partial charge < -0.3 is 24.6 Å². The molecule has 152 valence electrons. The van der Waals surface area contributed by atoms with E-state index < -0.39 is 5.60 Å². The van der Waals surface area contributed by atoms with Crippen molar-refractivity contribution < 1.29 is 19.3 Å². The number of para-hydroxylation sites is 2. The van der Waals surface area contributed by atoms with Crippen LogP contribution in [0.5, 0.6) is 11.5 Å². The van der Waals surface area contributed by atoms with E-state index in [-0.39, 0.29) is 6.10 Å². The van der Waals surface area contributed by atoms with Crippen LogP contribution < -0.4 is 10.1 Å². The molecule has 0 aliphatic carbocycles. The molecule has 1 heterocycles. The van der Waals surface area contributed by atoms with Gasteiger partial charge >= 0.3 is 0 Å². The van der Waals surface area contributed by atoms with Crippen LogP contribution in [0.1, 0.15) is 30.4 Å². The van der Waals surface area contributed by atoms with Crippen molar-refractivity contribution in [3.8, 4) is 11.5 Å². The van der Waals surface area contributed by atoms with E-state index in [2.05, 4.69) is 5.32 Å². The van der Waals surface area contributed by atoms with Gasteiger partial charge in [-0.05, 0) is 43.9 Å². The lowest BCUT2D eigenvalue weighted by Gasteiger charge is -2.39. The molecule has 2 aromatic rings. The Hall–Kier alpha value is -1.92. The molecule has 1 fully saturated rings. The predicted octanol–water partition coefficient (Wildman–Crippen LogP) is 3.78. The fourth-order valence-corrected chi connectivity index (χ4v) is 3.68. The molecule has 1 aliphatic rings. The first kappa shape index (κ1) is 20.8. The van der Waals surface area contributed by atoms with Crippen LogP contribution in [0.25, 0.3) is 0 Å². The normalized spacial score (nSPS) is 19.2. The van der Waals surface area contributed by atoms with E-state index in [1.165, 1.54) is 0 Å². The Morgan fingerprint density at radius 1 is 1.11 bits per heavy atom.